The molecule has 0 aliphatic carbocycles. The lowest BCUT2D eigenvalue weighted by molar-refractivity contribution is 0.148. The summed E-state index contributed by atoms with van der Waals surface area (Å²) >= 11 is 0. The van der Waals surface area contributed by atoms with Gasteiger partial charge in [-0.15, -0.1) is 0 Å². The summed E-state index contributed by atoms with van der Waals surface area (Å²) in [5, 5.41) is 2.39. The van der Waals surface area contributed by atoms with Crippen LogP contribution >= 0.6 is 0 Å². The van der Waals surface area contributed by atoms with Crippen LogP contribution < -0.4 is 14.8 Å². The Bertz CT molecular complexity index is 819. The van der Waals surface area contributed by atoms with E-state index in [1.807, 2.05) is 0 Å². The SMILES string of the molecule is CCOC(=O)N[C@H]1CS(=O)(=O)C[C@@H]1NS(=O)(=O)c1ccc(OC)cc1. The van der Waals surface area contributed by atoms with Gasteiger partial charge in [-0.25, -0.2) is 26.4 Å². The summed E-state index contributed by atoms with van der Waals surface area (Å²) in [4.78, 5) is 11.5. The molecule has 1 aliphatic rings. The highest BCUT2D eigenvalue weighted by atomic mass is 32.2. The van der Waals surface area contributed by atoms with Gasteiger partial charge in [0.2, 0.25) is 10.0 Å². The molecule has 2 rings (SSSR count). The maximum Gasteiger partial charge on any atom is 0.407 e. The molecule has 1 fully saturated rings. The molecule has 140 valence electrons. The molecule has 1 heterocycles. The molecule has 0 radical (unpaired) electrons. The number of sulfonamides is 1. The van der Waals surface area contributed by atoms with Crippen molar-refractivity contribution in [1.29, 1.82) is 0 Å². The zero-order valence-electron chi connectivity index (χ0n) is 13.8. The Morgan fingerprint density at radius 2 is 1.80 bits per heavy atom. The molecule has 0 aromatic heterocycles. The molecular formula is C14H20N2O7S2. The molecule has 1 aromatic rings. The minimum atomic E-state index is -3.96. The number of benzene rings is 1. The fourth-order valence-corrected chi connectivity index (χ4v) is 5.70. The minimum Gasteiger partial charge on any atom is -0.497 e. The maximum absolute atomic E-state index is 12.5. The zero-order valence-corrected chi connectivity index (χ0v) is 15.4. The van der Waals surface area contributed by atoms with Crippen molar-refractivity contribution in [3.63, 3.8) is 0 Å². The van der Waals surface area contributed by atoms with E-state index in [0.717, 1.165) is 0 Å². The lowest BCUT2D eigenvalue weighted by atomic mass is 10.2. The predicted molar refractivity (Wildman–Crippen MR) is 89.7 cm³/mol. The van der Waals surface area contributed by atoms with Gasteiger partial charge in [0.15, 0.2) is 9.84 Å². The number of amides is 1. The van der Waals surface area contributed by atoms with Crippen LogP contribution in [-0.2, 0) is 24.6 Å². The van der Waals surface area contributed by atoms with Crippen LogP contribution in [0.5, 0.6) is 5.75 Å². The van der Waals surface area contributed by atoms with Crippen LogP contribution in [0.4, 0.5) is 4.79 Å². The molecule has 0 bridgehead atoms. The van der Waals surface area contributed by atoms with Crippen LogP contribution in [0, 0.1) is 0 Å². The van der Waals surface area contributed by atoms with Crippen LogP contribution in [0.25, 0.3) is 0 Å². The Balaban J connectivity index is 2.17. The maximum atomic E-state index is 12.5. The van der Waals surface area contributed by atoms with E-state index in [9.17, 15) is 21.6 Å². The van der Waals surface area contributed by atoms with Crippen molar-refractivity contribution < 1.29 is 31.1 Å². The van der Waals surface area contributed by atoms with Crippen LogP contribution in [-0.4, -0.2) is 60.2 Å². The van der Waals surface area contributed by atoms with Gasteiger partial charge < -0.3 is 14.8 Å². The largest absolute Gasteiger partial charge is 0.497 e. The van der Waals surface area contributed by atoms with Crippen LogP contribution in [0.3, 0.4) is 0 Å². The summed E-state index contributed by atoms with van der Waals surface area (Å²) in [7, 11) is -5.99. The van der Waals surface area contributed by atoms with E-state index in [2.05, 4.69) is 10.0 Å². The summed E-state index contributed by atoms with van der Waals surface area (Å²) < 4.78 is 60.7. The molecule has 0 unspecified atom stereocenters. The average molecular weight is 392 g/mol. The van der Waals surface area contributed by atoms with E-state index < -0.39 is 43.8 Å². The van der Waals surface area contributed by atoms with Crippen molar-refractivity contribution in [2.24, 2.45) is 0 Å². The van der Waals surface area contributed by atoms with E-state index >= 15 is 0 Å². The van der Waals surface area contributed by atoms with Crippen molar-refractivity contribution >= 4 is 26.0 Å². The van der Waals surface area contributed by atoms with Crippen molar-refractivity contribution in [3.8, 4) is 5.75 Å². The molecule has 11 heteroatoms. The first-order chi connectivity index (χ1) is 11.7. The fourth-order valence-electron chi connectivity index (χ4n) is 2.45. The van der Waals surface area contributed by atoms with Crippen LogP contribution in [0.1, 0.15) is 6.92 Å². The molecule has 0 spiro atoms. The number of rotatable bonds is 6. The second-order valence-corrected chi connectivity index (χ2v) is 9.32. The Kier molecular flexibility index (Phi) is 5.91. The highest BCUT2D eigenvalue weighted by molar-refractivity contribution is 7.92. The number of ether oxygens (including phenoxy) is 2. The van der Waals surface area contributed by atoms with Gasteiger partial charge in [0.1, 0.15) is 5.75 Å². The number of hydrogen-bond donors (Lipinski definition) is 2. The Morgan fingerprint density at radius 1 is 1.20 bits per heavy atom. The van der Waals surface area contributed by atoms with E-state index in [-0.39, 0.29) is 17.3 Å². The van der Waals surface area contributed by atoms with Gasteiger partial charge in [-0.3, -0.25) is 0 Å². The average Bonchev–Trinajstić information content (AvgIpc) is 2.80. The van der Waals surface area contributed by atoms with Crippen LogP contribution in [0.15, 0.2) is 29.2 Å². The van der Waals surface area contributed by atoms with Gasteiger partial charge in [-0.1, -0.05) is 0 Å². The summed E-state index contributed by atoms with van der Waals surface area (Å²) in [5.41, 5.74) is 0. The second kappa shape index (κ2) is 7.58. The first-order valence-corrected chi connectivity index (χ1v) is 10.8. The normalized spacial score (nSPS) is 22.3. The minimum absolute atomic E-state index is 0.0347. The van der Waals surface area contributed by atoms with E-state index in [0.29, 0.717) is 5.75 Å². The molecule has 1 aliphatic heterocycles. The van der Waals surface area contributed by atoms with Crippen molar-refractivity contribution in [2.45, 2.75) is 23.9 Å². The highest BCUT2D eigenvalue weighted by Gasteiger charge is 2.41. The van der Waals surface area contributed by atoms with E-state index in [1.54, 1.807) is 6.92 Å². The monoisotopic (exact) mass is 392 g/mol. The topological polar surface area (TPSA) is 128 Å². The third kappa shape index (κ3) is 5.06. The number of sulfone groups is 1. The first kappa shape index (κ1) is 19.5. The molecule has 1 aromatic carbocycles. The molecule has 0 saturated carbocycles. The lowest BCUT2D eigenvalue weighted by Gasteiger charge is -2.20. The summed E-state index contributed by atoms with van der Waals surface area (Å²) in [6.07, 6.45) is -0.793. The van der Waals surface area contributed by atoms with Gasteiger partial charge in [0, 0.05) is 0 Å². The van der Waals surface area contributed by atoms with Crippen LogP contribution in [0.2, 0.25) is 0 Å². The number of carbonyl (C=O) groups is 1. The standard InChI is InChI=1S/C14H20N2O7S2/c1-3-23-14(17)15-12-8-24(18,19)9-13(12)16-25(20,21)11-6-4-10(22-2)5-7-11/h4-7,12-13,16H,3,8-9H2,1-2H3,(H,15,17)/t12-,13-/m0/s1. The van der Waals surface area contributed by atoms with Crippen molar-refractivity contribution in [3.05, 3.63) is 24.3 Å². The smallest absolute Gasteiger partial charge is 0.407 e. The summed E-state index contributed by atoms with van der Waals surface area (Å²) in [6.45, 7) is 1.72. The number of carbonyl (C=O) groups excluding carboxylic acids is 1. The number of nitrogens with one attached hydrogen (secondary N) is 2. The van der Waals surface area contributed by atoms with Crippen molar-refractivity contribution in [1.82, 2.24) is 10.0 Å². The second-order valence-electron chi connectivity index (χ2n) is 5.45. The molecule has 25 heavy (non-hydrogen) atoms. The third-order valence-corrected chi connectivity index (χ3v) is 6.85. The van der Waals surface area contributed by atoms with Gasteiger partial charge >= 0.3 is 6.09 Å². The third-order valence-electron chi connectivity index (χ3n) is 3.61. The Labute approximate surface area is 146 Å². The fraction of sp³-hybridized carbons (Fsp3) is 0.500. The Hall–Kier alpha value is -1.85. The van der Waals surface area contributed by atoms with E-state index in [4.69, 9.17) is 9.47 Å². The number of methoxy groups -OCH3 is 1. The molecule has 9 nitrogen and oxygen atoms in total. The van der Waals surface area contributed by atoms with Gasteiger partial charge in [0.05, 0.1) is 42.2 Å². The quantitative estimate of drug-likeness (QED) is 0.691. The summed E-state index contributed by atoms with van der Waals surface area (Å²) in [5.74, 6) is -0.273. The van der Waals surface area contributed by atoms with Gasteiger partial charge in [-0.05, 0) is 31.2 Å². The van der Waals surface area contributed by atoms with E-state index in [1.165, 1.54) is 31.4 Å². The highest BCUT2D eigenvalue weighted by Crippen LogP contribution is 2.19. The lowest BCUT2D eigenvalue weighted by Crippen LogP contribution is -2.50. The van der Waals surface area contributed by atoms with Crippen molar-refractivity contribution in [2.75, 3.05) is 25.2 Å². The predicted octanol–water partition coefficient (Wildman–Crippen LogP) is -0.115. The Morgan fingerprint density at radius 3 is 2.36 bits per heavy atom. The first-order valence-electron chi connectivity index (χ1n) is 7.47. The zero-order chi connectivity index (χ0) is 18.7. The molecule has 2 atom stereocenters. The van der Waals surface area contributed by atoms with Gasteiger partial charge in [-0.2, -0.15) is 0 Å². The molecular weight excluding hydrogens is 372 g/mol. The van der Waals surface area contributed by atoms with Gasteiger partial charge in [0.25, 0.3) is 0 Å². The molecule has 1 amide bonds. The number of alkyl carbamates (subject to hydrolysis) is 1. The molecule has 2 N–H and O–H groups in total. The molecule has 1 saturated heterocycles. The number of hydrogen-bond acceptors (Lipinski definition) is 7. The summed E-state index contributed by atoms with van der Waals surface area (Å²) in [6, 6.07) is 3.76.